The highest BCUT2D eigenvalue weighted by molar-refractivity contribution is 9.10. The zero-order chi connectivity index (χ0) is 14.5. The Morgan fingerprint density at radius 1 is 1.42 bits per heavy atom. The lowest BCUT2D eigenvalue weighted by molar-refractivity contribution is -0.125. The molecule has 0 heterocycles. The van der Waals surface area contributed by atoms with Gasteiger partial charge in [0.2, 0.25) is 0 Å². The Labute approximate surface area is 122 Å². The second-order valence-electron chi connectivity index (χ2n) is 5.07. The number of halogens is 1. The van der Waals surface area contributed by atoms with Crippen molar-refractivity contribution in [2.24, 2.45) is 11.7 Å². The van der Waals surface area contributed by atoms with E-state index < -0.39 is 5.54 Å². The van der Waals surface area contributed by atoms with Gasteiger partial charge in [-0.15, -0.1) is 0 Å². The van der Waals surface area contributed by atoms with Crippen molar-refractivity contribution in [2.45, 2.75) is 26.3 Å². The molecule has 0 aliphatic heterocycles. The van der Waals surface area contributed by atoms with Crippen LogP contribution in [0.1, 0.15) is 20.8 Å². The average Bonchev–Trinajstić information content (AvgIpc) is 2.37. The predicted molar refractivity (Wildman–Crippen MR) is 80.1 cm³/mol. The first-order valence-electron chi connectivity index (χ1n) is 6.27. The van der Waals surface area contributed by atoms with Crippen LogP contribution >= 0.6 is 15.9 Å². The number of amides is 1. The van der Waals surface area contributed by atoms with Gasteiger partial charge in [0.05, 0.1) is 5.54 Å². The first-order valence-corrected chi connectivity index (χ1v) is 7.06. The molecule has 0 saturated carbocycles. The first-order chi connectivity index (χ1) is 8.87. The molecule has 1 amide bonds. The van der Waals surface area contributed by atoms with E-state index in [9.17, 15) is 4.79 Å². The van der Waals surface area contributed by atoms with Crippen LogP contribution in [0, 0.1) is 5.92 Å². The molecule has 0 spiro atoms. The minimum absolute atomic E-state index is 0.00998. The van der Waals surface area contributed by atoms with Gasteiger partial charge in [0, 0.05) is 11.0 Å². The van der Waals surface area contributed by atoms with Crippen LogP contribution in [0.5, 0.6) is 5.75 Å². The molecule has 19 heavy (non-hydrogen) atoms. The third kappa shape index (κ3) is 4.84. The van der Waals surface area contributed by atoms with Crippen LogP contribution in [0.25, 0.3) is 0 Å². The fraction of sp³-hybridized carbons (Fsp3) is 0.500. The summed E-state index contributed by atoms with van der Waals surface area (Å²) in [7, 11) is 0. The molecule has 0 fully saturated rings. The number of carbonyl (C=O) groups excluding carboxylic acids is 1. The van der Waals surface area contributed by atoms with Gasteiger partial charge in [-0.2, -0.15) is 0 Å². The first kappa shape index (κ1) is 16.0. The van der Waals surface area contributed by atoms with Crippen molar-refractivity contribution < 1.29 is 9.53 Å². The molecule has 0 bridgehead atoms. The lowest BCUT2D eigenvalue weighted by atomic mass is 9.88. The highest BCUT2D eigenvalue weighted by Gasteiger charge is 2.28. The van der Waals surface area contributed by atoms with E-state index in [-0.39, 0.29) is 18.4 Å². The lowest BCUT2D eigenvalue weighted by Gasteiger charge is -2.33. The summed E-state index contributed by atoms with van der Waals surface area (Å²) in [5.41, 5.74) is 5.32. The molecule has 0 aromatic heterocycles. The van der Waals surface area contributed by atoms with Gasteiger partial charge in [-0.3, -0.25) is 4.79 Å². The largest absolute Gasteiger partial charge is 0.484 e. The SMILES string of the molecule is CC(C)C(C)(CN)NC(=O)COc1ccc(Br)cc1. The molecule has 1 rings (SSSR count). The Morgan fingerprint density at radius 3 is 2.47 bits per heavy atom. The van der Waals surface area contributed by atoms with Gasteiger partial charge >= 0.3 is 0 Å². The minimum atomic E-state index is -0.403. The van der Waals surface area contributed by atoms with Crippen LogP contribution in [-0.4, -0.2) is 24.6 Å². The summed E-state index contributed by atoms with van der Waals surface area (Å²) in [6.07, 6.45) is 0. The summed E-state index contributed by atoms with van der Waals surface area (Å²) in [6.45, 7) is 6.39. The van der Waals surface area contributed by atoms with E-state index in [1.54, 1.807) is 0 Å². The number of carbonyl (C=O) groups is 1. The highest BCUT2D eigenvalue weighted by atomic mass is 79.9. The monoisotopic (exact) mass is 328 g/mol. The molecule has 1 unspecified atom stereocenters. The highest BCUT2D eigenvalue weighted by Crippen LogP contribution is 2.17. The Bertz CT molecular complexity index is 420. The van der Waals surface area contributed by atoms with Crippen molar-refractivity contribution in [2.75, 3.05) is 13.2 Å². The van der Waals surface area contributed by atoms with Gasteiger partial charge in [0.25, 0.3) is 5.91 Å². The third-order valence-corrected chi connectivity index (χ3v) is 3.84. The van der Waals surface area contributed by atoms with Gasteiger partial charge in [-0.25, -0.2) is 0 Å². The maximum Gasteiger partial charge on any atom is 0.258 e. The van der Waals surface area contributed by atoms with Crippen LogP contribution in [0.4, 0.5) is 0 Å². The standard InChI is InChI=1S/C14H21BrN2O2/c1-10(2)14(3,9-16)17-13(18)8-19-12-6-4-11(15)5-7-12/h4-7,10H,8-9,16H2,1-3H3,(H,17,18). The van der Waals surface area contributed by atoms with E-state index in [1.165, 1.54) is 0 Å². The van der Waals surface area contributed by atoms with E-state index in [1.807, 2.05) is 45.0 Å². The molecule has 0 aliphatic rings. The normalized spacial score (nSPS) is 14.0. The van der Waals surface area contributed by atoms with E-state index in [4.69, 9.17) is 10.5 Å². The molecule has 0 radical (unpaired) electrons. The summed E-state index contributed by atoms with van der Waals surface area (Å²) < 4.78 is 6.39. The van der Waals surface area contributed by atoms with Crippen molar-refractivity contribution in [1.29, 1.82) is 0 Å². The number of nitrogens with two attached hydrogens (primary N) is 1. The Hall–Kier alpha value is -1.07. The van der Waals surface area contributed by atoms with Crippen LogP contribution in [-0.2, 0) is 4.79 Å². The predicted octanol–water partition coefficient (Wildman–Crippen LogP) is 2.32. The van der Waals surface area contributed by atoms with Gasteiger partial charge in [0.1, 0.15) is 5.75 Å². The summed E-state index contributed by atoms with van der Waals surface area (Å²) in [5, 5.41) is 2.93. The summed E-state index contributed by atoms with van der Waals surface area (Å²) in [6, 6.07) is 7.35. The van der Waals surface area contributed by atoms with Crippen molar-refractivity contribution in [3.8, 4) is 5.75 Å². The maximum absolute atomic E-state index is 11.9. The fourth-order valence-electron chi connectivity index (χ4n) is 1.47. The van der Waals surface area contributed by atoms with E-state index in [2.05, 4.69) is 21.2 Å². The van der Waals surface area contributed by atoms with Crippen LogP contribution in [0.15, 0.2) is 28.7 Å². The van der Waals surface area contributed by atoms with Gasteiger partial charge < -0.3 is 15.8 Å². The molecular formula is C14H21BrN2O2. The van der Waals surface area contributed by atoms with Crippen molar-refractivity contribution >= 4 is 21.8 Å². The van der Waals surface area contributed by atoms with Gasteiger partial charge in [0.15, 0.2) is 6.61 Å². The smallest absolute Gasteiger partial charge is 0.258 e. The van der Waals surface area contributed by atoms with Gasteiger partial charge in [-0.1, -0.05) is 29.8 Å². The summed E-state index contributed by atoms with van der Waals surface area (Å²) in [4.78, 5) is 11.9. The second-order valence-corrected chi connectivity index (χ2v) is 5.98. The number of nitrogens with one attached hydrogen (secondary N) is 1. The fourth-order valence-corrected chi connectivity index (χ4v) is 1.73. The van der Waals surface area contributed by atoms with E-state index >= 15 is 0 Å². The molecular weight excluding hydrogens is 308 g/mol. The number of hydrogen-bond donors (Lipinski definition) is 2. The third-order valence-electron chi connectivity index (χ3n) is 3.31. The van der Waals surface area contributed by atoms with Crippen LogP contribution in [0.3, 0.4) is 0 Å². The van der Waals surface area contributed by atoms with Crippen molar-refractivity contribution in [3.05, 3.63) is 28.7 Å². The van der Waals surface area contributed by atoms with E-state index in [0.717, 1.165) is 4.47 Å². The zero-order valence-corrected chi connectivity index (χ0v) is 13.2. The number of benzene rings is 1. The molecule has 1 atom stereocenters. The second kappa shape index (κ2) is 6.91. The number of ether oxygens (including phenoxy) is 1. The molecule has 0 saturated heterocycles. The molecule has 5 heteroatoms. The van der Waals surface area contributed by atoms with Crippen LogP contribution < -0.4 is 15.8 Å². The number of hydrogen-bond acceptors (Lipinski definition) is 3. The molecule has 0 aliphatic carbocycles. The Kier molecular flexibility index (Phi) is 5.82. The van der Waals surface area contributed by atoms with E-state index in [0.29, 0.717) is 12.3 Å². The van der Waals surface area contributed by atoms with Crippen LogP contribution in [0.2, 0.25) is 0 Å². The molecule has 3 N–H and O–H groups in total. The van der Waals surface area contributed by atoms with Crippen molar-refractivity contribution in [1.82, 2.24) is 5.32 Å². The number of rotatable bonds is 6. The van der Waals surface area contributed by atoms with Crippen molar-refractivity contribution in [3.63, 3.8) is 0 Å². The average molecular weight is 329 g/mol. The molecule has 4 nitrogen and oxygen atoms in total. The maximum atomic E-state index is 11.9. The molecule has 106 valence electrons. The van der Waals surface area contributed by atoms with Gasteiger partial charge in [-0.05, 0) is 37.1 Å². The minimum Gasteiger partial charge on any atom is -0.484 e. The lowest BCUT2D eigenvalue weighted by Crippen LogP contribution is -2.56. The Balaban J connectivity index is 2.50. The summed E-state index contributed by atoms with van der Waals surface area (Å²) in [5.74, 6) is 0.760. The molecule has 1 aromatic rings. The zero-order valence-electron chi connectivity index (χ0n) is 11.6. The summed E-state index contributed by atoms with van der Waals surface area (Å²) >= 11 is 3.34. The Morgan fingerprint density at radius 2 is 2.00 bits per heavy atom. The quantitative estimate of drug-likeness (QED) is 0.842. The molecule has 1 aromatic carbocycles. The topological polar surface area (TPSA) is 64.3 Å².